The van der Waals surface area contributed by atoms with Gasteiger partial charge >= 0.3 is 0 Å². The van der Waals surface area contributed by atoms with E-state index in [0.717, 1.165) is 29.3 Å². The van der Waals surface area contributed by atoms with E-state index in [2.05, 4.69) is 11.9 Å². The van der Waals surface area contributed by atoms with Crippen molar-refractivity contribution in [2.75, 3.05) is 6.61 Å². The van der Waals surface area contributed by atoms with Crippen molar-refractivity contribution in [2.24, 2.45) is 5.73 Å². The molecule has 1 unspecified atom stereocenters. The third kappa shape index (κ3) is 3.05. The Kier molecular flexibility index (Phi) is 4.12. The van der Waals surface area contributed by atoms with E-state index in [1.165, 1.54) is 0 Å². The molecule has 0 bridgehead atoms. The zero-order chi connectivity index (χ0) is 12.1. The number of nitrogens with zero attached hydrogens (tertiary/aromatic N) is 1. The molecular formula is C13H16N2OS. The van der Waals surface area contributed by atoms with E-state index in [1.54, 1.807) is 17.5 Å². The lowest BCUT2D eigenvalue weighted by Crippen LogP contribution is -2.11. The van der Waals surface area contributed by atoms with Gasteiger partial charge in [-0.3, -0.25) is 0 Å². The Morgan fingerprint density at radius 1 is 1.47 bits per heavy atom. The summed E-state index contributed by atoms with van der Waals surface area (Å²) in [6, 6.07) is 7.74. The lowest BCUT2D eigenvalue weighted by molar-refractivity contribution is 0.317. The fourth-order valence-electron chi connectivity index (χ4n) is 1.55. The molecule has 0 fully saturated rings. The summed E-state index contributed by atoms with van der Waals surface area (Å²) in [4.78, 5) is 4.24. The molecule has 2 rings (SSSR count). The molecule has 0 radical (unpaired) electrons. The molecule has 1 atom stereocenters. The second-order valence-electron chi connectivity index (χ2n) is 3.77. The van der Waals surface area contributed by atoms with E-state index in [0.29, 0.717) is 0 Å². The summed E-state index contributed by atoms with van der Waals surface area (Å²) < 4.78 is 5.59. The lowest BCUT2D eigenvalue weighted by atomic mass is 10.1. The van der Waals surface area contributed by atoms with Crippen LogP contribution in [0, 0.1) is 0 Å². The van der Waals surface area contributed by atoms with Gasteiger partial charge in [-0.2, -0.15) is 0 Å². The Labute approximate surface area is 105 Å². The molecule has 90 valence electrons. The summed E-state index contributed by atoms with van der Waals surface area (Å²) in [6.07, 6.45) is 2.78. The lowest BCUT2D eigenvalue weighted by Gasteiger charge is -2.11. The standard InChI is InChI=1S/C13H16N2OS/c1-2-7-16-11-5-3-4-10(9-11)12(14)13-15-6-8-17-13/h3-6,8-9,12H,2,7,14H2,1H3. The van der Waals surface area contributed by atoms with Crippen molar-refractivity contribution >= 4 is 11.3 Å². The topological polar surface area (TPSA) is 48.1 Å². The Balaban J connectivity index is 2.15. The predicted octanol–water partition coefficient (Wildman–Crippen LogP) is 2.98. The first-order valence-corrected chi connectivity index (χ1v) is 6.57. The molecule has 17 heavy (non-hydrogen) atoms. The second kappa shape index (κ2) is 5.80. The monoisotopic (exact) mass is 248 g/mol. The summed E-state index contributed by atoms with van der Waals surface area (Å²) in [5, 5.41) is 2.87. The van der Waals surface area contributed by atoms with E-state index >= 15 is 0 Å². The highest BCUT2D eigenvalue weighted by molar-refractivity contribution is 7.09. The summed E-state index contributed by atoms with van der Waals surface area (Å²) in [5.41, 5.74) is 7.19. The normalized spacial score (nSPS) is 12.4. The van der Waals surface area contributed by atoms with Gasteiger partial charge in [-0.05, 0) is 24.1 Å². The third-order valence-electron chi connectivity index (χ3n) is 2.41. The van der Waals surface area contributed by atoms with Gasteiger partial charge in [0.2, 0.25) is 0 Å². The minimum atomic E-state index is -0.167. The number of ether oxygens (including phenoxy) is 1. The van der Waals surface area contributed by atoms with Gasteiger partial charge in [-0.15, -0.1) is 11.3 Å². The number of nitrogens with two attached hydrogens (primary N) is 1. The van der Waals surface area contributed by atoms with Crippen molar-refractivity contribution < 1.29 is 4.74 Å². The molecule has 2 N–H and O–H groups in total. The molecule has 1 aromatic heterocycles. The SMILES string of the molecule is CCCOc1cccc(C(N)c2nccs2)c1. The number of rotatable bonds is 5. The van der Waals surface area contributed by atoms with Crippen LogP contribution in [0.2, 0.25) is 0 Å². The van der Waals surface area contributed by atoms with Crippen LogP contribution in [0.15, 0.2) is 35.8 Å². The molecule has 1 aromatic carbocycles. The molecule has 0 aliphatic heterocycles. The number of aromatic nitrogens is 1. The Hall–Kier alpha value is -1.39. The summed E-state index contributed by atoms with van der Waals surface area (Å²) in [7, 11) is 0. The van der Waals surface area contributed by atoms with Crippen LogP contribution in [0.25, 0.3) is 0 Å². The molecule has 0 amide bonds. The Morgan fingerprint density at radius 3 is 3.06 bits per heavy atom. The van der Waals surface area contributed by atoms with Crippen molar-refractivity contribution in [3.05, 3.63) is 46.4 Å². The second-order valence-corrected chi connectivity index (χ2v) is 4.70. The van der Waals surface area contributed by atoms with Gasteiger partial charge in [0.15, 0.2) is 0 Å². The van der Waals surface area contributed by atoms with Crippen molar-refractivity contribution in [3.63, 3.8) is 0 Å². The van der Waals surface area contributed by atoms with Crippen LogP contribution in [-0.2, 0) is 0 Å². The number of hydrogen-bond donors (Lipinski definition) is 1. The van der Waals surface area contributed by atoms with Gasteiger partial charge < -0.3 is 10.5 Å². The average molecular weight is 248 g/mol. The molecule has 0 aliphatic carbocycles. The quantitative estimate of drug-likeness (QED) is 0.885. The molecule has 3 nitrogen and oxygen atoms in total. The average Bonchev–Trinajstić information content (AvgIpc) is 2.89. The van der Waals surface area contributed by atoms with Crippen LogP contribution in [0.4, 0.5) is 0 Å². The molecule has 1 heterocycles. The zero-order valence-electron chi connectivity index (χ0n) is 9.80. The van der Waals surface area contributed by atoms with Gasteiger partial charge in [0.05, 0.1) is 12.6 Å². The first kappa shape index (κ1) is 12.1. The fraction of sp³-hybridized carbons (Fsp3) is 0.308. The summed E-state index contributed by atoms with van der Waals surface area (Å²) >= 11 is 1.57. The molecule has 0 aliphatic rings. The number of thiazole rings is 1. The highest BCUT2D eigenvalue weighted by atomic mass is 32.1. The van der Waals surface area contributed by atoms with Crippen LogP contribution in [0.3, 0.4) is 0 Å². The highest BCUT2D eigenvalue weighted by Crippen LogP contribution is 2.24. The van der Waals surface area contributed by atoms with Crippen LogP contribution in [-0.4, -0.2) is 11.6 Å². The molecule has 4 heteroatoms. The van der Waals surface area contributed by atoms with Crippen molar-refractivity contribution in [1.82, 2.24) is 4.98 Å². The predicted molar refractivity (Wildman–Crippen MR) is 70.4 cm³/mol. The van der Waals surface area contributed by atoms with Crippen LogP contribution >= 0.6 is 11.3 Å². The molecule has 2 aromatic rings. The van der Waals surface area contributed by atoms with Crippen LogP contribution in [0.5, 0.6) is 5.75 Å². The first-order chi connectivity index (χ1) is 8.31. The van der Waals surface area contributed by atoms with Crippen molar-refractivity contribution in [1.29, 1.82) is 0 Å². The van der Waals surface area contributed by atoms with Gasteiger partial charge in [0.25, 0.3) is 0 Å². The first-order valence-electron chi connectivity index (χ1n) is 5.69. The summed E-state index contributed by atoms with van der Waals surface area (Å²) in [6.45, 7) is 2.82. The van der Waals surface area contributed by atoms with E-state index in [4.69, 9.17) is 10.5 Å². The van der Waals surface area contributed by atoms with Gasteiger partial charge in [-0.1, -0.05) is 19.1 Å². The largest absolute Gasteiger partial charge is 0.494 e. The maximum Gasteiger partial charge on any atom is 0.119 e. The van der Waals surface area contributed by atoms with Crippen LogP contribution < -0.4 is 10.5 Å². The fourth-order valence-corrected chi connectivity index (χ4v) is 2.21. The molecule has 0 saturated carbocycles. The van der Waals surface area contributed by atoms with Gasteiger partial charge in [0, 0.05) is 11.6 Å². The Morgan fingerprint density at radius 2 is 2.35 bits per heavy atom. The van der Waals surface area contributed by atoms with Gasteiger partial charge in [-0.25, -0.2) is 4.98 Å². The minimum absolute atomic E-state index is 0.167. The summed E-state index contributed by atoms with van der Waals surface area (Å²) in [5.74, 6) is 0.872. The minimum Gasteiger partial charge on any atom is -0.494 e. The smallest absolute Gasteiger partial charge is 0.119 e. The van der Waals surface area contributed by atoms with E-state index < -0.39 is 0 Å². The van der Waals surface area contributed by atoms with E-state index in [9.17, 15) is 0 Å². The number of hydrogen-bond acceptors (Lipinski definition) is 4. The maximum atomic E-state index is 6.15. The Bertz CT molecular complexity index is 456. The van der Waals surface area contributed by atoms with Crippen molar-refractivity contribution in [2.45, 2.75) is 19.4 Å². The maximum absolute atomic E-state index is 6.15. The third-order valence-corrected chi connectivity index (χ3v) is 3.27. The molecule has 0 saturated heterocycles. The number of benzene rings is 1. The molecular weight excluding hydrogens is 232 g/mol. The highest BCUT2D eigenvalue weighted by Gasteiger charge is 2.11. The van der Waals surface area contributed by atoms with E-state index in [1.807, 2.05) is 29.6 Å². The van der Waals surface area contributed by atoms with Crippen LogP contribution in [0.1, 0.15) is 30.0 Å². The zero-order valence-corrected chi connectivity index (χ0v) is 10.6. The van der Waals surface area contributed by atoms with E-state index in [-0.39, 0.29) is 6.04 Å². The van der Waals surface area contributed by atoms with Gasteiger partial charge in [0.1, 0.15) is 10.8 Å². The molecule has 0 spiro atoms. The van der Waals surface area contributed by atoms with Crippen molar-refractivity contribution in [3.8, 4) is 5.75 Å².